The van der Waals surface area contributed by atoms with Gasteiger partial charge in [-0.05, 0) is 32.4 Å². The monoisotopic (exact) mass is 151 g/mol. The summed E-state index contributed by atoms with van der Waals surface area (Å²) in [6, 6.07) is 0.442. The fourth-order valence-corrected chi connectivity index (χ4v) is 0.742. The largest absolute Gasteiger partial charge is 0.383 e. The topological polar surface area (TPSA) is 12.0 Å². The van der Waals surface area contributed by atoms with Crippen molar-refractivity contribution in [3.05, 3.63) is 36.6 Å². The summed E-state index contributed by atoms with van der Waals surface area (Å²) in [5.41, 5.74) is 2.11. The van der Waals surface area contributed by atoms with Gasteiger partial charge < -0.3 is 5.32 Å². The fourth-order valence-electron chi connectivity index (χ4n) is 0.742. The molecule has 0 fully saturated rings. The summed E-state index contributed by atoms with van der Waals surface area (Å²) in [7, 11) is 0. The minimum Gasteiger partial charge on any atom is -0.383 e. The van der Waals surface area contributed by atoms with Crippen LogP contribution in [0.4, 0.5) is 0 Å². The molecule has 1 nitrogen and oxygen atoms in total. The van der Waals surface area contributed by atoms with Gasteiger partial charge in [0.2, 0.25) is 0 Å². The molecular formula is C10H17N. The molecule has 0 aliphatic carbocycles. The second-order valence-electron chi connectivity index (χ2n) is 2.90. The highest BCUT2D eigenvalue weighted by Gasteiger charge is 1.97. The van der Waals surface area contributed by atoms with E-state index in [4.69, 9.17) is 0 Å². The molecule has 1 N–H and O–H groups in total. The van der Waals surface area contributed by atoms with Crippen LogP contribution in [-0.4, -0.2) is 6.04 Å². The molecule has 0 atom stereocenters. The molecule has 0 rings (SSSR count). The van der Waals surface area contributed by atoms with Gasteiger partial charge in [0, 0.05) is 11.7 Å². The molecule has 0 aliphatic heterocycles. The van der Waals surface area contributed by atoms with Gasteiger partial charge in [-0.1, -0.05) is 19.2 Å². The maximum Gasteiger partial charge on any atom is 0.0365 e. The minimum atomic E-state index is 0.442. The van der Waals surface area contributed by atoms with Gasteiger partial charge in [-0.2, -0.15) is 0 Å². The first-order chi connectivity index (χ1) is 5.07. The smallest absolute Gasteiger partial charge is 0.0365 e. The highest BCUT2D eigenvalue weighted by molar-refractivity contribution is 5.27. The summed E-state index contributed by atoms with van der Waals surface area (Å²) in [5.74, 6) is 0. The molecule has 1 heteroatoms. The van der Waals surface area contributed by atoms with E-state index in [1.807, 2.05) is 13.0 Å². The first-order valence-corrected chi connectivity index (χ1v) is 3.83. The van der Waals surface area contributed by atoms with E-state index in [0.717, 1.165) is 11.3 Å². The molecule has 0 aromatic rings. The van der Waals surface area contributed by atoms with Crippen LogP contribution in [0.3, 0.4) is 0 Å². The molecule has 0 unspecified atom stereocenters. The van der Waals surface area contributed by atoms with Crippen LogP contribution >= 0.6 is 0 Å². The second kappa shape index (κ2) is 4.78. The van der Waals surface area contributed by atoms with Gasteiger partial charge in [0.15, 0.2) is 0 Å². The lowest BCUT2D eigenvalue weighted by molar-refractivity contribution is 0.675. The van der Waals surface area contributed by atoms with Crippen LogP contribution < -0.4 is 5.32 Å². The predicted octanol–water partition coefficient (Wildman–Crippen LogP) is 2.63. The third kappa shape index (κ3) is 4.43. The zero-order valence-corrected chi connectivity index (χ0v) is 7.65. The number of hydrogen-bond donors (Lipinski definition) is 1. The van der Waals surface area contributed by atoms with Crippen molar-refractivity contribution in [3.8, 4) is 0 Å². The van der Waals surface area contributed by atoms with E-state index >= 15 is 0 Å². The Hall–Kier alpha value is -0.980. The third-order valence-electron chi connectivity index (χ3n) is 1.19. The van der Waals surface area contributed by atoms with E-state index in [1.54, 1.807) is 6.08 Å². The average molecular weight is 151 g/mol. The van der Waals surface area contributed by atoms with Gasteiger partial charge in [-0.3, -0.25) is 0 Å². The highest BCUT2D eigenvalue weighted by atomic mass is 14.9. The Morgan fingerprint density at radius 2 is 2.00 bits per heavy atom. The molecule has 0 radical (unpaired) electrons. The molecular weight excluding hydrogens is 134 g/mol. The van der Waals surface area contributed by atoms with Crippen LogP contribution in [0.1, 0.15) is 20.8 Å². The van der Waals surface area contributed by atoms with E-state index in [1.165, 1.54) is 0 Å². The van der Waals surface area contributed by atoms with Gasteiger partial charge in [-0.25, -0.2) is 0 Å². The van der Waals surface area contributed by atoms with E-state index in [9.17, 15) is 0 Å². The van der Waals surface area contributed by atoms with Gasteiger partial charge in [0.25, 0.3) is 0 Å². The lowest BCUT2D eigenvalue weighted by atomic mass is 10.2. The average Bonchev–Trinajstić information content (AvgIpc) is 1.86. The van der Waals surface area contributed by atoms with Crippen LogP contribution in [0.15, 0.2) is 36.6 Å². The van der Waals surface area contributed by atoms with Gasteiger partial charge >= 0.3 is 0 Å². The van der Waals surface area contributed by atoms with E-state index < -0.39 is 0 Å². The summed E-state index contributed by atoms with van der Waals surface area (Å²) >= 11 is 0. The Morgan fingerprint density at radius 3 is 2.27 bits per heavy atom. The summed E-state index contributed by atoms with van der Waals surface area (Å²) in [6.45, 7) is 13.7. The highest BCUT2D eigenvalue weighted by Crippen LogP contribution is 2.03. The molecule has 11 heavy (non-hydrogen) atoms. The summed E-state index contributed by atoms with van der Waals surface area (Å²) in [5, 5.41) is 3.27. The maximum absolute atomic E-state index is 3.85. The Balaban J connectivity index is 4.23. The minimum absolute atomic E-state index is 0.442. The summed E-state index contributed by atoms with van der Waals surface area (Å²) < 4.78 is 0. The van der Waals surface area contributed by atoms with E-state index in [2.05, 4.69) is 32.3 Å². The molecule has 0 bridgehead atoms. The molecule has 0 saturated carbocycles. The number of nitrogens with one attached hydrogen (secondary N) is 1. The third-order valence-corrected chi connectivity index (χ3v) is 1.19. The van der Waals surface area contributed by atoms with E-state index in [0.29, 0.717) is 6.04 Å². The van der Waals surface area contributed by atoms with Crippen molar-refractivity contribution in [2.24, 2.45) is 0 Å². The molecule has 0 heterocycles. The van der Waals surface area contributed by atoms with Crippen LogP contribution in [-0.2, 0) is 0 Å². The van der Waals surface area contributed by atoms with Crippen molar-refractivity contribution < 1.29 is 0 Å². The first-order valence-electron chi connectivity index (χ1n) is 3.83. The Labute approximate surface area is 69.5 Å². The predicted molar refractivity (Wildman–Crippen MR) is 51.4 cm³/mol. The second-order valence-corrected chi connectivity index (χ2v) is 2.90. The van der Waals surface area contributed by atoms with Crippen molar-refractivity contribution >= 4 is 0 Å². The Morgan fingerprint density at radius 1 is 1.45 bits per heavy atom. The standard InChI is InChI=1S/C10H17N/c1-6-7-10(8(2)3)11-9(4)5/h6-7,9,11H,1-2H2,3-5H3/b10-7+. The summed E-state index contributed by atoms with van der Waals surface area (Å²) in [4.78, 5) is 0. The van der Waals surface area contributed by atoms with Crippen molar-refractivity contribution in [2.45, 2.75) is 26.8 Å². The SMILES string of the molecule is C=C/C=C(/NC(C)C)C(=C)C. The number of rotatable bonds is 4. The maximum atomic E-state index is 3.85. The van der Waals surface area contributed by atoms with Crippen LogP contribution in [0.25, 0.3) is 0 Å². The Bertz CT molecular complexity index is 175. The van der Waals surface area contributed by atoms with Crippen molar-refractivity contribution in [1.82, 2.24) is 5.32 Å². The Kier molecular flexibility index (Phi) is 4.35. The molecule has 0 aliphatic rings. The lowest BCUT2D eigenvalue weighted by Gasteiger charge is -2.13. The number of hydrogen-bond acceptors (Lipinski definition) is 1. The van der Waals surface area contributed by atoms with Crippen LogP contribution in [0.2, 0.25) is 0 Å². The van der Waals surface area contributed by atoms with Gasteiger partial charge in [0.05, 0.1) is 0 Å². The van der Waals surface area contributed by atoms with Crippen LogP contribution in [0, 0.1) is 0 Å². The van der Waals surface area contributed by atoms with Crippen molar-refractivity contribution in [1.29, 1.82) is 0 Å². The molecule has 62 valence electrons. The van der Waals surface area contributed by atoms with E-state index in [-0.39, 0.29) is 0 Å². The van der Waals surface area contributed by atoms with Crippen LogP contribution in [0.5, 0.6) is 0 Å². The summed E-state index contributed by atoms with van der Waals surface area (Å²) in [6.07, 6.45) is 3.70. The van der Waals surface area contributed by atoms with Gasteiger partial charge in [0.1, 0.15) is 0 Å². The number of allylic oxidation sites excluding steroid dienone is 3. The molecule has 0 aromatic carbocycles. The van der Waals surface area contributed by atoms with Crippen molar-refractivity contribution in [2.75, 3.05) is 0 Å². The normalized spacial score (nSPS) is 11.5. The molecule has 0 amide bonds. The lowest BCUT2D eigenvalue weighted by Crippen LogP contribution is -2.22. The quantitative estimate of drug-likeness (QED) is 0.609. The zero-order chi connectivity index (χ0) is 8.85. The molecule has 0 saturated heterocycles. The van der Waals surface area contributed by atoms with Gasteiger partial charge in [-0.15, -0.1) is 0 Å². The first kappa shape index (κ1) is 10.0. The molecule has 0 spiro atoms. The van der Waals surface area contributed by atoms with Crippen molar-refractivity contribution in [3.63, 3.8) is 0 Å². The fraction of sp³-hybridized carbons (Fsp3) is 0.400. The molecule has 0 aromatic heterocycles. The zero-order valence-electron chi connectivity index (χ0n) is 7.65.